The first-order chi connectivity index (χ1) is 5.41. The highest BCUT2D eigenvalue weighted by molar-refractivity contribution is 9.10. The molecule has 7 heteroatoms. The third-order valence-corrected chi connectivity index (χ3v) is 1.68. The Morgan fingerprint density at radius 1 is 1.38 bits per heavy atom. The fourth-order valence-electron chi connectivity index (χ4n) is 0.657. The van der Waals surface area contributed by atoms with Crippen LogP contribution in [0.25, 0.3) is 0 Å². The fourth-order valence-corrected chi connectivity index (χ4v) is 0.976. The summed E-state index contributed by atoms with van der Waals surface area (Å²) in [6.45, 7) is 0. The predicted molar refractivity (Wildman–Crippen MR) is 46.6 cm³/mol. The summed E-state index contributed by atoms with van der Waals surface area (Å²) in [5.74, 6) is -0.297. The van der Waals surface area contributed by atoms with E-state index in [-0.39, 0.29) is 22.8 Å². The monoisotopic (exact) mass is 279 g/mol. The van der Waals surface area contributed by atoms with Crippen molar-refractivity contribution in [2.45, 2.75) is 12.2 Å². The van der Waals surface area contributed by atoms with E-state index >= 15 is 0 Å². The van der Waals surface area contributed by atoms with Gasteiger partial charge in [-0.25, -0.2) is 0 Å². The highest BCUT2D eigenvalue weighted by Gasteiger charge is 2.39. The average Bonchev–Trinajstić information content (AvgIpc) is 2.32. The van der Waals surface area contributed by atoms with Crippen LogP contribution in [0.4, 0.5) is 13.2 Å². The van der Waals surface area contributed by atoms with Gasteiger partial charge in [0.1, 0.15) is 5.76 Å². The van der Waals surface area contributed by atoms with Gasteiger partial charge in [-0.05, 0) is 28.1 Å². The highest BCUT2D eigenvalue weighted by Crippen LogP contribution is 2.32. The van der Waals surface area contributed by atoms with Crippen LogP contribution in [-0.4, -0.2) is 6.18 Å². The summed E-state index contributed by atoms with van der Waals surface area (Å²) in [6, 6.07) is 0.493. The van der Waals surface area contributed by atoms with Gasteiger partial charge in [0.25, 0.3) is 0 Å². The molecule has 0 aliphatic rings. The number of alkyl halides is 3. The Balaban J connectivity index is 0.00000144. The second kappa shape index (κ2) is 4.34. The zero-order valence-electron chi connectivity index (χ0n) is 6.14. The second-order valence-corrected chi connectivity index (χ2v) is 2.94. The molecular weight excluding hydrogens is 274 g/mol. The number of hydrogen-bond donors (Lipinski definition) is 1. The number of rotatable bonds is 1. The molecule has 0 bridgehead atoms. The molecule has 0 saturated heterocycles. The van der Waals surface area contributed by atoms with Crippen molar-refractivity contribution >= 4 is 28.3 Å². The maximum absolute atomic E-state index is 11.9. The largest absolute Gasteiger partial charge is 0.452 e. The van der Waals surface area contributed by atoms with E-state index in [2.05, 4.69) is 20.3 Å². The summed E-state index contributed by atoms with van der Waals surface area (Å²) >= 11 is 2.88. The molecule has 0 spiro atoms. The van der Waals surface area contributed by atoms with Gasteiger partial charge < -0.3 is 10.2 Å². The minimum absolute atomic E-state index is 0. The maximum Gasteiger partial charge on any atom is 0.410 e. The van der Waals surface area contributed by atoms with Crippen molar-refractivity contribution in [1.82, 2.24) is 0 Å². The summed E-state index contributed by atoms with van der Waals surface area (Å²) in [5, 5.41) is 0. The van der Waals surface area contributed by atoms with Crippen LogP contribution in [0.15, 0.2) is 21.2 Å². The van der Waals surface area contributed by atoms with Crippen molar-refractivity contribution in [3.8, 4) is 0 Å². The minimum atomic E-state index is -4.46. The Kier molecular flexibility index (Phi) is 4.28. The predicted octanol–water partition coefficient (Wildman–Crippen LogP) is 3.03. The lowest BCUT2D eigenvalue weighted by Gasteiger charge is -2.12. The zero-order chi connectivity index (χ0) is 9.35. The van der Waals surface area contributed by atoms with E-state index in [1.54, 1.807) is 0 Å². The van der Waals surface area contributed by atoms with Gasteiger partial charge in [-0.3, -0.25) is 0 Å². The van der Waals surface area contributed by atoms with Crippen molar-refractivity contribution in [2.75, 3.05) is 0 Å². The van der Waals surface area contributed by atoms with Gasteiger partial charge >= 0.3 is 6.18 Å². The summed E-state index contributed by atoms with van der Waals surface area (Å²) in [7, 11) is 0. The molecule has 1 rings (SSSR count). The van der Waals surface area contributed by atoms with Crippen LogP contribution >= 0.6 is 28.3 Å². The SMILES string of the molecule is Cl.N[C@H](c1ccc(Br)o1)C(F)(F)F. The van der Waals surface area contributed by atoms with Crippen molar-refractivity contribution in [1.29, 1.82) is 0 Å². The zero-order valence-corrected chi connectivity index (χ0v) is 8.54. The molecule has 0 radical (unpaired) electrons. The molecule has 0 unspecified atom stereocenters. The molecule has 0 aliphatic carbocycles. The Bertz CT molecular complexity index is 275. The highest BCUT2D eigenvalue weighted by atomic mass is 79.9. The topological polar surface area (TPSA) is 39.2 Å². The minimum Gasteiger partial charge on any atom is -0.452 e. The number of nitrogens with two attached hydrogens (primary N) is 1. The molecule has 1 aromatic rings. The van der Waals surface area contributed by atoms with Crippen molar-refractivity contribution < 1.29 is 17.6 Å². The van der Waals surface area contributed by atoms with Gasteiger partial charge in [-0.2, -0.15) is 13.2 Å². The second-order valence-electron chi connectivity index (χ2n) is 2.16. The molecule has 0 fully saturated rings. The van der Waals surface area contributed by atoms with Gasteiger partial charge in [0.2, 0.25) is 0 Å². The van der Waals surface area contributed by atoms with Crippen molar-refractivity contribution in [3.05, 3.63) is 22.6 Å². The lowest BCUT2D eigenvalue weighted by molar-refractivity contribution is -0.152. The van der Waals surface area contributed by atoms with Gasteiger partial charge in [-0.15, -0.1) is 12.4 Å². The summed E-state index contributed by atoms with van der Waals surface area (Å²) in [4.78, 5) is 0. The van der Waals surface area contributed by atoms with Crippen molar-refractivity contribution in [2.24, 2.45) is 5.73 Å². The number of hydrogen-bond acceptors (Lipinski definition) is 2. The van der Waals surface area contributed by atoms with Crippen LogP contribution in [0.2, 0.25) is 0 Å². The molecule has 76 valence electrons. The van der Waals surface area contributed by atoms with Crippen molar-refractivity contribution in [3.63, 3.8) is 0 Å². The lowest BCUT2D eigenvalue weighted by Crippen LogP contribution is -2.27. The van der Waals surface area contributed by atoms with Gasteiger partial charge in [0, 0.05) is 0 Å². The van der Waals surface area contributed by atoms with Gasteiger partial charge in [0.15, 0.2) is 10.7 Å². The molecule has 1 heterocycles. The van der Waals surface area contributed by atoms with Crippen LogP contribution < -0.4 is 5.73 Å². The molecule has 13 heavy (non-hydrogen) atoms. The normalized spacial score (nSPS) is 13.6. The molecular formula is C6H6BrClF3NO. The van der Waals surface area contributed by atoms with E-state index in [1.807, 2.05) is 0 Å². The van der Waals surface area contributed by atoms with Crippen LogP contribution in [0, 0.1) is 0 Å². The van der Waals surface area contributed by atoms with E-state index in [9.17, 15) is 13.2 Å². The van der Waals surface area contributed by atoms with Crippen LogP contribution in [0.1, 0.15) is 11.8 Å². The van der Waals surface area contributed by atoms with E-state index < -0.39 is 12.2 Å². The van der Waals surface area contributed by atoms with Gasteiger partial charge in [0.05, 0.1) is 0 Å². The molecule has 0 aliphatic heterocycles. The quantitative estimate of drug-likeness (QED) is 0.859. The lowest BCUT2D eigenvalue weighted by atomic mass is 10.2. The molecule has 0 aromatic carbocycles. The van der Waals surface area contributed by atoms with E-state index in [0.717, 1.165) is 0 Å². The Morgan fingerprint density at radius 3 is 2.23 bits per heavy atom. The standard InChI is InChI=1S/C6H5BrF3NO.ClH/c7-4-2-1-3(12-4)5(11)6(8,9)10;/h1-2,5H,11H2;1H/t5-;/m1./s1. The number of halogens is 5. The summed E-state index contributed by atoms with van der Waals surface area (Å²) < 4.78 is 40.7. The van der Waals surface area contributed by atoms with Crippen LogP contribution in [0.3, 0.4) is 0 Å². The molecule has 0 saturated carbocycles. The Hall–Kier alpha value is -0.200. The van der Waals surface area contributed by atoms with E-state index in [4.69, 9.17) is 5.73 Å². The first kappa shape index (κ1) is 12.8. The Labute approximate surface area is 86.8 Å². The van der Waals surface area contributed by atoms with E-state index in [0.29, 0.717) is 0 Å². The van der Waals surface area contributed by atoms with Gasteiger partial charge in [-0.1, -0.05) is 0 Å². The molecule has 1 aromatic heterocycles. The molecule has 2 nitrogen and oxygen atoms in total. The molecule has 2 N–H and O–H groups in total. The first-order valence-corrected chi connectivity index (χ1v) is 3.78. The van der Waals surface area contributed by atoms with E-state index in [1.165, 1.54) is 12.1 Å². The average molecular weight is 280 g/mol. The number of furan rings is 1. The van der Waals surface area contributed by atoms with Crippen LogP contribution in [0.5, 0.6) is 0 Å². The smallest absolute Gasteiger partial charge is 0.410 e. The third-order valence-electron chi connectivity index (χ3n) is 1.25. The maximum atomic E-state index is 11.9. The third kappa shape index (κ3) is 3.21. The first-order valence-electron chi connectivity index (χ1n) is 2.99. The Morgan fingerprint density at radius 2 is 1.92 bits per heavy atom. The fraction of sp³-hybridized carbons (Fsp3) is 0.333. The molecule has 1 atom stereocenters. The summed E-state index contributed by atoms with van der Waals surface area (Å²) in [5.41, 5.74) is 4.85. The summed E-state index contributed by atoms with van der Waals surface area (Å²) in [6.07, 6.45) is -4.46. The van der Waals surface area contributed by atoms with Crippen LogP contribution in [-0.2, 0) is 0 Å². The molecule has 0 amide bonds.